The van der Waals surface area contributed by atoms with Crippen LogP contribution in [0, 0.1) is 0 Å². The Balaban J connectivity index is 1.98. The molecule has 112 valence electrons. The van der Waals surface area contributed by atoms with Crippen LogP contribution in [-0.4, -0.2) is 28.8 Å². The van der Waals surface area contributed by atoms with Crippen molar-refractivity contribution < 1.29 is 15.0 Å². The molecule has 0 aliphatic rings. The first-order valence-corrected chi connectivity index (χ1v) is 7.65. The van der Waals surface area contributed by atoms with Crippen molar-refractivity contribution in [3.63, 3.8) is 0 Å². The number of nitrogens with one attached hydrogen (secondary N) is 1. The molecule has 1 aromatic heterocycles. The van der Waals surface area contributed by atoms with E-state index in [1.165, 1.54) is 18.3 Å². The average Bonchev–Trinajstić information content (AvgIpc) is 2.96. The third kappa shape index (κ3) is 4.39. The Hall–Kier alpha value is -1.69. The minimum atomic E-state index is -0.929. The van der Waals surface area contributed by atoms with Crippen molar-refractivity contribution in [2.45, 2.75) is 25.6 Å². The Labute approximate surface area is 128 Å². The minimum Gasteiger partial charge on any atom is -0.390 e. The van der Waals surface area contributed by atoms with Crippen LogP contribution in [0.15, 0.2) is 42.5 Å². The van der Waals surface area contributed by atoms with Crippen molar-refractivity contribution >= 4 is 17.2 Å². The number of aliphatic hydroxyl groups excluding tert-OH is 2. The molecule has 0 aliphatic heterocycles. The average molecular weight is 305 g/mol. The maximum absolute atomic E-state index is 10.8. The fraction of sp³-hybridized carbons (Fsp3) is 0.312. The maximum atomic E-state index is 10.8. The molecule has 1 aromatic carbocycles. The molecule has 2 atom stereocenters. The molecule has 2 rings (SSSR count). The molecule has 0 saturated carbocycles. The number of hydrogen-bond donors (Lipinski definition) is 3. The molecular weight excluding hydrogens is 286 g/mol. The van der Waals surface area contributed by atoms with Crippen molar-refractivity contribution in [2.75, 3.05) is 6.54 Å². The predicted octanol–water partition coefficient (Wildman–Crippen LogP) is 2.34. The number of aliphatic hydroxyl groups is 2. The van der Waals surface area contributed by atoms with Gasteiger partial charge in [0.05, 0.1) is 6.10 Å². The summed E-state index contributed by atoms with van der Waals surface area (Å²) >= 11 is 1.46. The summed E-state index contributed by atoms with van der Waals surface area (Å²) in [5, 5.41) is 22.7. The number of carbonyl (C=O) groups is 1. The first-order chi connectivity index (χ1) is 10.1. The lowest BCUT2D eigenvalue weighted by Gasteiger charge is -2.16. The molecule has 4 nitrogen and oxygen atoms in total. The Kier molecular flexibility index (Phi) is 5.50. The second-order valence-corrected chi connectivity index (χ2v) is 5.97. The fourth-order valence-corrected chi connectivity index (χ4v) is 3.07. The van der Waals surface area contributed by atoms with Crippen LogP contribution in [0.25, 0.3) is 10.4 Å². The first-order valence-electron chi connectivity index (χ1n) is 6.83. The van der Waals surface area contributed by atoms with E-state index in [0.717, 1.165) is 15.3 Å². The standard InChI is InChI=1S/C16H19NO3S/c1-11(18)17-10-9-13(19)16(20)15-8-7-14(21-15)12-5-3-2-4-6-12/h2-8,13,16,19-20H,9-10H2,1H3,(H,17,18). The van der Waals surface area contributed by atoms with E-state index < -0.39 is 12.2 Å². The predicted molar refractivity (Wildman–Crippen MR) is 84.0 cm³/mol. The van der Waals surface area contributed by atoms with Gasteiger partial charge in [0.25, 0.3) is 0 Å². The third-order valence-corrected chi connectivity index (χ3v) is 4.36. The highest BCUT2D eigenvalue weighted by atomic mass is 32.1. The van der Waals surface area contributed by atoms with E-state index in [2.05, 4.69) is 5.32 Å². The zero-order valence-electron chi connectivity index (χ0n) is 11.8. The van der Waals surface area contributed by atoms with Gasteiger partial charge in [0, 0.05) is 23.2 Å². The van der Waals surface area contributed by atoms with Gasteiger partial charge in [-0.3, -0.25) is 4.79 Å². The van der Waals surface area contributed by atoms with Crippen LogP contribution in [0.2, 0.25) is 0 Å². The van der Waals surface area contributed by atoms with E-state index >= 15 is 0 Å². The summed E-state index contributed by atoms with van der Waals surface area (Å²) < 4.78 is 0. The lowest BCUT2D eigenvalue weighted by molar-refractivity contribution is -0.119. The molecule has 0 fully saturated rings. The highest BCUT2D eigenvalue weighted by Gasteiger charge is 2.20. The maximum Gasteiger partial charge on any atom is 0.216 e. The number of hydrogen-bond acceptors (Lipinski definition) is 4. The van der Waals surface area contributed by atoms with Gasteiger partial charge in [0.15, 0.2) is 0 Å². The second-order valence-electron chi connectivity index (χ2n) is 4.85. The van der Waals surface area contributed by atoms with Crippen LogP contribution in [0.1, 0.15) is 24.3 Å². The minimum absolute atomic E-state index is 0.140. The quantitative estimate of drug-likeness (QED) is 0.767. The summed E-state index contributed by atoms with van der Waals surface area (Å²) in [5.74, 6) is -0.140. The van der Waals surface area contributed by atoms with Crippen LogP contribution >= 0.6 is 11.3 Å². The summed E-state index contributed by atoms with van der Waals surface area (Å²) in [5.41, 5.74) is 1.09. The molecule has 0 aliphatic carbocycles. The van der Waals surface area contributed by atoms with E-state index in [1.54, 1.807) is 0 Å². The Morgan fingerprint density at radius 1 is 1.19 bits per heavy atom. The van der Waals surface area contributed by atoms with Gasteiger partial charge < -0.3 is 15.5 Å². The summed E-state index contributed by atoms with van der Waals surface area (Å²) in [6, 6.07) is 13.7. The lowest BCUT2D eigenvalue weighted by Crippen LogP contribution is -2.27. The molecule has 5 heteroatoms. The number of thiophene rings is 1. The zero-order valence-corrected chi connectivity index (χ0v) is 12.6. The topological polar surface area (TPSA) is 69.6 Å². The molecule has 2 aromatic rings. The van der Waals surface area contributed by atoms with E-state index in [1.807, 2.05) is 42.5 Å². The van der Waals surface area contributed by atoms with Gasteiger partial charge in [-0.1, -0.05) is 30.3 Å². The van der Waals surface area contributed by atoms with Gasteiger partial charge in [0.2, 0.25) is 5.91 Å². The zero-order chi connectivity index (χ0) is 15.2. The van der Waals surface area contributed by atoms with Gasteiger partial charge >= 0.3 is 0 Å². The van der Waals surface area contributed by atoms with E-state index in [-0.39, 0.29) is 5.91 Å². The molecule has 0 saturated heterocycles. The highest BCUT2D eigenvalue weighted by Crippen LogP contribution is 2.32. The molecule has 2 unspecified atom stereocenters. The second kappa shape index (κ2) is 7.36. The van der Waals surface area contributed by atoms with Crippen LogP contribution in [0.5, 0.6) is 0 Å². The smallest absolute Gasteiger partial charge is 0.216 e. The van der Waals surface area contributed by atoms with Crippen molar-refractivity contribution in [3.05, 3.63) is 47.3 Å². The number of rotatable bonds is 6. The van der Waals surface area contributed by atoms with Crippen LogP contribution in [0.3, 0.4) is 0 Å². The van der Waals surface area contributed by atoms with Gasteiger partial charge in [-0.15, -0.1) is 11.3 Å². The normalized spacial score (nSPS) is 13.7. The molecule has 0 spiro atoms. The van der Waals surface area contributed by atoms with Crippen molar-refractivity contribution in [1.82, 2.24) is 5.32 Å². The summed E-state index contributed by atoms with van der Waals surface area (Å²) in [6.45, 7) is 1.78. The molecule has 1 heterocycles. The van der Waals surface area contributed by atoms with E-state index in [4.69, 9.17) is 0 Å². The number of benzene rings is 1. The summed E-state index contributed by atoms with van der Waals surface area (Å²) in [7, 11) is 0. The van der Waals surface area contributed by atoms with Crippen molar-refractivity contribution in [1.29, 1.82) is 0 Å². The molecule has 1 amide bonds. The third-order valence-electron chi connectivity index (χ3n) is 3.16. The van der Waals surface area contributed by atoms with Crippen molar-refractivity contribution in [3.8, 4) is 10.4 Å². The number of carbonyl (C=O) groups excluding carboxylic acids is 1. The number of amides is 1. The van der Waals surface area contributed by atoms with Gasteiger partial charge in [-0.25, -0.2) is 0 Å². The largest absolute Gasteiger partial charge is 0.390 e. The molecule has 21 heavy (non-hydrogen) atoms. The Morgan fingerprint density at radius 3 is 2.57 bits per heavy atom. The van der Waals surface area contributed by atoms with Gasteiger partial charge in [-0.2, -0.15) is 0 Å². The van der Waals surface area contributed by atoms with Gasteiger partial charge in [0.1, 0.15) is 6.10 Å². The van der Waals surface area contributed by atoms with Gasteiger partial charge in [-0.05, 0) is 24.1 Å². The molecule has 0 bridgehead atoms. The van der Waals surface area contributed by atoms with Crippen molar-refractivity contribution in [2.24, 2.45) is 0 Å². The first kappa shape index (κ1) is 15.7. The Morgan fingerprint density at radius 2 is 1.90 bits per heavy atom. The monoisotopic (exact) mass is 305 g/mol. The SMILES string of the molecule is CC(=O)NCCC(O)C(O)c1ccc(-c2ccccc2)s1. The highest BCUT2D eigenvalue weighted by molar-refractivity contribution is 7.15. The van der Waals surface area contributed by atoms with E-state index in [9.17, 15) is 15.0 Å². The summed E-state index contributed by atoms with van der Waals surface area (Å²) in [4.78, 5) is 12.6. The van der Waals surface area contributed by atoms with E-state index in [0.29, 0.717) is 13.0 Å². The lowest BCUT2D eigenvalue weighted by atomic mass is 10.1. The molecule has 0 radical (unpaired) electrons. The van der Waals surface area contributed by atoms with Crippen LogP contribution in [0.4, 0.5) is 0 Å². The molecule has 3 N–H and O–H groups in total. The molecular formula is C16H19NO3S. The summed E-state index contributed by atoms with van der Waals surface area (Å²) in [6.07, 6.45) is -1.50. The van der Waals surface area contributed by atoms with Crippen LogP contribution in [-0.2, 0) is 4.79 Å². The van der Waals surface area contributed by atoms with Crippen LogP contribution < -0.4 is 5.32 Å². The fourth-order valence-electron chi connectivity index (χ4n) is 2.01. The Bertz CT molecular complexity index is 582.